The third-order valence-electron chi connectivity index (χ3n) is 4.10. The number of carbonyl (C=O) groups excluding carboxylic acids is 2. The topological polar surface area (TPSA) is 49.4 Å². The van der Waals surface area contributed by atoms with Crippen LogP contribution in [0.15, 0.2) is 30.3 Å². The number of hydrogen-bond acceptors (Lipinski definition) is 3. The summed E-state index contributed by atoms with van der Waals surface area (Å²) in [5.41, 5.74) is 2.22. The summed E-state index contributed by atoms with van der Waals surface area (Å²) >= 11 is 0. The van der Waals surface area contributed by atoms with E-state index in [4.69, 9.17) is 0 Å². The summed E-state index contributed by atoms with van der Waals surface area (Å²) < 4.78 is 0. The zero-order valence-corrected chi connectivity index (χ0v) is 13.8. The molecule has 1 heterocycles. The van der Waals surface area contributed by atoms with Crippen LogP contribution in [0.4, 0.5) is 5.69 Å². The first kappa shape index (κ1) is 15.5. The third kappa shape index (κ3) is 2.58. The number of nitrogens with one attached hydrogen (secondary N) is 1. The van der Waals surface area contributed by atoms with Gasteiger partial charge in [0, 0.05) is 40.7 Å². The summed E-state index contributed by atoms with van der Waals surface area (Å²) in [6.45, 7) is 7.43. The van der Waals surface area contributed by atoms with E-state index in [0.29, 0.717) is 17.7 Å². The lowest BCUT2D eigenvalue weighted by Crippen LogP contribution is -2.42. The highest BCUT2D eigenvalue weighted by molar-refractivity contribution is 6.26. The quantitative estimate of drug-likeness (QED) is 0.852. The first-order valence-electron chi connectivity index (χ1n) is 8.20. The Labute approximate surface area is 136 Å². The van der Waals surface area contributed by atoms with Gasteiger partial charge in [0.15, 0.2) is 0 Å². The maximum atomic E-state index is 12.8. The molecule has 4 nitrogen and oxygen atoms in total. The maximum Gasteiger partial charge on any atom is 0.261 e. The van der Waals surface area contributed by atoms with Gasteiger partial charge >= 0.3 is 0 Å². The number of hydrogen-bond donors (Lipinski definition) is 1. The zero-order valence-electron chi connectivity index (χ0n) is 13.8. The van der Waals surface area contributed by atoms with E-state index in [0.717, 1.165) is 29.4 Å². The Morgan fingerprint density at radius 2 is 1.74 bits per heavy atom. The van der Waals surface area contributed by atoms with Gasteiger partial charge in [-0.05, 0) is 30.5 Å². The van der Waals surface area contributed by atoms with Crippen LogP contribution in [0, 0.1) is 5.92 Å². The fourth-order valence-corrected chi connectivity index (χ4v) is 3.09. The second-order valence-corrected chi connectivity index (χ2v) is 6.43. The van der Waals surface area contributed by atoms with Crippen LogP contribution < -0.4 is 5.32 Å². The molecule has 2 amide bonds. The Bertz CT molecular complexity index is 758. The molecular formula is C19H22N2O2. The minimum atomic E-state index is -0.186. The normalized spacial score (nSPS) is 14.0. The summed E-state index contributed by atoms with van der Waals surface area (Å²) in [5, 5.41) is 5.10. The summed E-state index contributed by atoms with van der Waals surface area (Å²) in [6.07, 6.45) is 1.02. The van der Waals surface area contributed by atoms with Gasteiger partial charge in [0.2, 0.25) is 0 Å². The summed E-state index contributed by atoms with van der Waals surface area (Å²) in [6, 6.07) is 9.46. The number of nitrogens with zero attached hydrogens (tertiary/aromatic N) is 1. The Morgan fingerprint density at radius 1 is 1.04 bits per heavy atom. The van der Waals surface area contributed by atoms with Crippen molar-refractivity contribution in [3.05, 3.63) is 41.5 Å². The van der Waals surface area contributed by atoms with E-state index >= 15 is 0 Å². The minimum absolute atomic E-state index is 0.186. The van der Waals surface area contributed by atoms with Crippen LogP contribution in [-0.2, 0) is 0 Å². The number of amides is 2. The van der Waals surface area contributed by atoms with Gasteiger partial charge < -0.3 is 5.32 Å². The lowest BCUT2D eigenvalue weighted by Gasteiger charge is -2.29. The average molecular weight is 310 g/mol. The van der Waals surface area contributed by atoms with Gasteiger partial charge in [0.05, 0.1) is 0 Å². The van der Waals surface area contributed by atoms with Crippen molar-refractivity contribution in [2.45, 2.75) is 27.2 Å². The molecule has 3 rings (SSSR count). The molecule has 0 unspecified atom stereocenters. The summed E-state index contributed by atoms with van der Waals surface area (Å²) in [4.78, 5) is 26.9. The van der Waals surface area contributed by atoms with Crippen LogP contribution in [0.25, 0.3) is 10.8 Å². The van der Waals surface area contributed by atoms with Crippen LogP contribution >= 0.6 is 0 Å². The van der Waals surface area contributed by atoms with Crippen LogP contribution in [0.1, 0.15) is 47.9 Å². The molecule has 23 heavy (non-hydrogen) atoms. The van der Waals surface area contributed by atoms with Gasteiger partial charge in [0.25, 0.3) is 11.8 Å². The van der Waals surface area contributed by atoms with Crippen LogP contribution in [0.5, 0.6) is 0 Å². The van der Waals surface area contributed by atoms with Crippen molar-refractivity contribution < 1.29 is 9.59 Å². The Hall–Kier alpha value is -2.36. The molecule has 2 aromatic carbocycles. The van der Waals surface area contributed by atoms with Gasteiger partial charge in [-0.25, -0.2) is 0 Å². The van der Waals surface area contributed by atoms with Gasteiger partial charge in [-0.2, -0.15) is 0 Å². The fourth-order valence-electron chi connectivity index (χ4n) is 3.09. The smallest absolute Gasteiger partial charge is 0.261 e. The first-order valence-corrected chi connectivity index (χ1v) is 8.20. The molecule has 2 aromatic rings. The number of imide groups is 1. The highest BCUT2D eigenvalue weighted by atomic mass is 16.2. The number of carbonyl (C=O) groups is 2. The van der Waals surface area contributed by atoms with E-state index in [1.165, 1.54) is 4.90 Å². The molecule has 0 saturated heterocycles. The van der Waals surface area contributed by atoms with Crippen molar-refractivity contribution in [3.8, 4) is 0 Å². The van der Waals surface area contributed by atoms with E-state index in [2.05, 4.69) is 12.2 Å². The van der Waals surface area contributed by atoms with E-state index in [1.807, 2.05) is 44.2 Å². The number of anilines is 1. The van der Waals surface area contributed by atoms with Gasteiger partial charge in [-0.15, -0.1) is 0 Å². The van der Waals surface area contributed by atoms with Crippen molar-refractivity contribution >= 4 is 28.3 Å². The zero-order chi connectivity index (χ0) is 16.6. The Balaban J connectivity index is 2.17. The molecular weight excluding hydrogens is 288 g/mol. The Morgan fingerprint density at radius 3 is 2.39 bits per heavy atom. The number of benzene rings is 2. The highest BCUT2D eigenvalue weighted by Gasteiger charge is 2.33. The predicted octanol–water partition coefficient (Wildman–Crippen LogP) is 3.91. The largest absolute Gasteiger partial charge is 0.385 e. The average Bonchev–Trinajstić information content (AvgIpc) is 2.54. The van der Waals surface area contributed by atoms with Crippen molar-refractivity contribution in [1.82, 2.24) is 4.90 Å². The molecule has 0 atom stereocenters. The SMILES string of the molecule is CCCNc1ccc2c3c(cccc13)C(=O)N(CC(C)C)C2=O. The minimum Gasteiger partial charge on any atom is -0.385 e. The van der Waals surface area contributed by atoms with E-state index in [9.17, 15) is 9.59 Å². The van der Waals surface area contributed by atoms with Gasteiger partial charge in [-0.3, -0.25) is 14.5 Å². The van der Waals surface area contributed by atoms with Crippen LogP contribution in [-0.4, -0.2) is 29.8 Å². The molecule has 0 fully saturated rings. The predicted molar refractivity (Wildman–Crippen MR) is 92.9 cm³/mol. The van der Waals surface area contributed by atoms with E-state index in [1.54, 1.807) is 0 Å². The summed E-state index contributed by atoms with van der Waals surface area (Å²) in [5.74, 6) is -0.127. The van der Waals surface area contributed by atoms with Crippen molar-refractivity contribution in [2.75, 3.05) is 18.4 Å². The number of rotatable bonds is 5. The first-order chi connectivity index (χ1) is 11.0. The Kier molecular flexibility index (Phi) is 4.07. The third-order valence-corrected chi connectivity index (χ3v) is 4.10. The fraction of sp³-hybridized carbons (Fsp3) is 0.368. The molecule has 0 saturated carbocycles. The molecule has 0 bridgehead atoms. The highest BCUT2D eigenvalue weighted by Crippen LogP contribution is 2.34. The lowest BCUT2D eigenvalue weighted by atomic mass is 9.92. The lowest BCUT2D eigenvalue weighted by molar-refractivity contribution is 0.0592. The molecule has 4 heteroatoms. The molecule has 0 aromatic heterocycles. The van der Waals surface area contributed by atoms with Crippen LogP contribution in [0.2, 0.25) is 0 Å². The van der Waals surface area contributed by atoms with E-state index < -0.39 is 0 Å². The van der Waals surface area contributed by atoms with Gasteiger partial charge in [0.1, 0.15) is 0 Å². The van der Waals surface area contributed by atoms with Crippen LogP contribution in [0.3, 0.4) is 0 Å². The molecule has 1 N–H and O–H groups in total. The molecule has 1 aliphatic heterocycles. The van der Waals surface area contributed by atoms with Gasteiger partial charge in [-0.1, -0.05) is 32.9 Å². The van der Waals surface area contributed by atoms with E-state index in [-0.39, 0.29) is 17.7 Å². The molecule has 120 valence electrons. The van der Waals surface area contributed by atoms with Crippen molar-refractivity contribution in [3.63, 3.8) is 0 Å². The standard InChI is InChI=1S/C19H22N2O2/c1-4-10-20-16-9-8-15-17-13(16)6-5-7-14(17)18(22)21(19(15)23)11-12(2)3/h5-9,12,20H,4,10-11H2,1-3H3. The molecule has 0 radical (unpaired) electrons. The molecule has 0 aliphatic carbocycles. The summed E-state index contributed by atoms with van der Waals surface area (Å²) in [7, 11) is 0. The second kappa shape index (κ2) is 6.03. The molecule has 1 aliphatic rings. The van der Waals surface area contributed by atoms with Crippen molar-refractivity contribution in [2.24, 2.45) is 5.92 Å². The van der Waals surface area contributed by atoms with Crippen molar-refractivity contribution in [1.29, 1.82) is 0 Å². The molecule has 0 spiro atoms. The second-order valence-electron chi connectivity index (χ2n) is 6.43. The maximum absolute atomic E-state index is 12.8. The monoisotopic (exact) mass is 310 g/mol.